The number of carbonyl (C=O) groups excluding carboxylic acids is 3. The molecule has 1 saturated heterocycles. The number of furan rings is 1. The molecular formula is C23H30N4O7S. The molecule has 2 aliphatic rings. The molecule has 1 fully saturated rings. The number of fused-ring (bicyclic) bond motifs is 3. The molecule has 2 aromatic rings. The van der Waals surface area contributed by atoms with E-state index < -0.39 is 33.5 Å². The Labute approximate surface area is 203 Å². The van der Waals surface area contributed by atoms with Gasteiger partial charge in [-0.1, -0.05) is 0 Å². The van der Waals surface area contributed by atoms with Crippen molar-refractivity contribution < 1.29 is 32.4 Å². The molecule has 0 bridgehead atoms. The quantitative estimate of drug-likeness (QED) is 0.281. The molecule has 1 aliphatic heterocycles. The average Bonchev–Trinajstić information content (AvgIpc) is 3.27. The van der Waals surface area contributed by atoms with Crippen molar-refractivity contribution in [1.82, 2.24) is 20.0 Å². The Hall–Kier alpha value is -2.96. The number of rotatable bonds is 8. The van der Waals surface area contributed by atoms with Crippen molar-refractivity contribution in [2.45, 2.75) is 68.8 Å². The van der Waals surface area contributed by atoms with Crippen LogP contribution in [0.5, 0.6) is 0 Å². The van der Waals surface area contributed by atoms with E-state index in [1.54, 1.807) is 19.9 Å². The third kappa shape index (κ3) is 4.53. The maximum absolute atomic E-state index is 13.1. The summed E-state index contributed by atoms with van der Waals surface area (Å²) in [6.07, 6.45) is 3.89. The first-order valence-corrected chi connectivity index (χ1v) is 13.1. The summed E-state index contributed by atoms with van der Waals surface area (Å²) >= 11 is 0. The molecule has 1 aliphatic carbocycles. The number of amides is 4. The number of hydroxylamine groups is 1. The lowest BCUT2D eigenvalue weighted by molar-refractivity contribution is -0.131. The third-order valence-electron chi connectivity index (χ3n) is 6.96. The van der Waals surface area contributed by atoms with Gasteiger partial charge in [-0.05, 0) is 58.1 Å². The molecule has 12 heteroatoms. The Morgan fingerprint density at radius 1 is 1.23 bits per heavy atom. The Balaban J connectivity index is 1.48. The van der Waals surface area contributed by atoms with Gasteiger partial charge in [0.2, 0.25) is 10.0 Å². The first-order chi connectivity index (χ1) is 16.5. The number of nitrogens with zero attached hydrogens (tertiary/aromatic N) is 2. The first-order valence-electron chi connectivity index (χ1n) is 11.6. The molecule has 0 unspecified atom stereocenters. The second kappa shape index (κ2) is 9.25. The van der Waals surface area contributed by atoms with Crippen LogP contribution in [-0.4, -0.2) is 66.4 Å². The molecule has 1 atom stereocenters. The van der Waals surface area contributed by atoms with Crippen molar-refractivity contribution in [3.63, 3.8) is 0 Å². The predicted octanol–water partition coefficient (Wildman–Crippen LogP) is 1.92. The fourth-order valence-electron chi connectivity index (χ4n) is 4.62. The van der Waals surface area contributed by atoms with Crippen LogP contribution >= 0.6 is 0 Å². The molecule has 0 radical (unpaired) electrons. The molecule has 1 aromatic heterocycles. The summed E-state index contributed by atoms with van der Waals surface area (Å²) in [5.41, 5.74) is 2.08. The highest BCUT2D eigenvalue weighted by atomic mass is 32.2. The largest absolute Gasteiger partial charge is 0.461 e. The molecule has 4 amide bonds. The molecule has 2 heterocycles. The topological polar surface area (TPSA) is 149 Å². The zero-order valence-electron chi connectivity index (χ0n) is 20.0. The zero-order valence-corrected chi connectivity index (χ0v) is 20.8. The smallest absolute Gasteiger partial charge is 0.327 e. The first kappa shape index (κ1) is 25.1. The molecule has 35 heavy (non-hydrogen) atoms. The Morgan fingerprint density at radius 2 is 1.94 bits per heavy atom. The van der Waals surface area contributed by atoms with Crippen molar-refractivity contribution in [3.05, 3.63) is 29.5 Å². The minimum Gasteiger partial charge on any atom is -0.461 e. The van der Waals surface area contributed by atoms with Crippen LogP contribution in [0.4, 0.5) is 4.79 Å². The Kier molecular flexibility index (Phi) is 6.64. The fourth-order valence-corrected chi connectivity index (χ4v) is 5.86. The van der Waals surface area contributed by atoms with Crippen LogP contribution in [0.2, 0.25) is 0 Å². The fraction of sp³-hybridized carbons (Fsp3) is 0.522. The summed E-state index contributed by atoms with van der Waals surface area (Å²) in [5, 5.41) is 10.0. The number of likely N-dealkylation sites (N-methyl/N-ethyl adjacent to an activating group) is 1. The number of aryl methyl sites for hydroxylation is 2. The summed E-state index contributed by atoms with van der Waals surface area (Å²) in [5.74, 6) is -0.436. The molecule has 11 nitrogen and oxygen atoms in total. The predicted molar refractivity (Wildman–Crippen MR) is 125 cm³/mol. The van der Waals surface area contributed by atoms with Crippen molar-refractivity contribution in [2.75, 3.05) is 13.6 Å². The van der Waals surface area contributed by atoms with Gasteiger partial charge in [0.25, 0.3) is 11.8 Å². The van der Waals surface area contributed by atoms with E-state index in [9.17, 15) is 22.8 Å². The Morgan fingerprint density at radius 3 is 2.60 bits per heavy atom. The van der Waals surface area contributed by atoms with Crippen LogP contribution in [0.15, 0.2) is 27.5 Å². The normalized spacial score (nSPS) is 18.7. The lowest BCUT2D eigenvalue weighted by Crippen LogP contribution is -2.46. The lowest BCUT2D eigenvalue weighted by atomic mass is 9.96. The van der Waals surface area contributed by atoms with Crippen molar-refractivity contribution in [1.29, 1.82) is 0 Å². The minimum absolute atomic E-state index is 0.00623. The van der Waals surface area contributed by atoms with Crippen LogP contribution in [0.25, 0.3) is 11.0 Å². The van der Waals surface area contributed by atoms with E-state index in [4.69, 9.17) is 9.62 Å². The molecule has 1 aromatic carbocycles. The number of sulfonamides is 1. The second-order valence-corrected chi connectivity index (χ2v) is 11.2. The molecular weight excluding hydrogens is 476 g/mol. The van der Waals surface area contributed by atoms with Gasteiger partial charge < -0.3 is 9.32 Å². The highest BCUT2D eigenvalue weighted by molar-refractivity contribution is 7.89. The maximum atomic E-state index is 13.1. The van der Waals surface area contributed by atoms with Gasteiger partial charge in [0.1, 0.15) is 22.9 Å². The summed E-state index contributed by atoms with van der Waals surface area (Å²) in [7, 11) is -2.61. The average molecular weight is 507 g/mol. The molecule has 0 saturated carbocycles. The van der Waals surface area contributed by atoms with Gasteiger partial charge >= 0.3 is 6.03 Å². The van der Waals surface area contributed by atoms with Crippen molar-refractivity contribution in [2.24, 2.45) is 0 Å². The summed E-state index contributed by atoms with van der Waals surface area (Å²) < 4.78 is 34.3. The van der Waals surface area contributed by atoms with Crippen LogP contribution in [0.3, 0.4) is 0 Å². The summed E-state index contributed by atoms with van der Waals surface area (Å²) in [6, 6.07) is 2.83. The number of benzene rings is 1. The van der Waals surface area contributed by atoms with Gasteiger partial charge in [-0.15, -0.1) is 0 Å². The van der Waals surface area contributed by atoms with E-state index in [1.165, 1.54) is 29.6 Å². The molecule has 190 valence electrons. The van der Waals surface area contributed by atoms with Gasteiger partial charge in [-0.2, -0.15) is 4.72 Å². The number of carbonyl (C=O) groups is 3. The molecule has 4 rings (SSSR count). The highest BCUT2D eigenvalue weighted by Gasteiger charge is 2.48. The van der Waals surface area contributed by atoms with E-state index in [0.29, 0.717) is 5.58 Å². The minimum atomic E-state index is -4.14. The van der Waals surface area contributed by atoms with Crippen LogP contribution < -0.4 is 10.2 Å². The van der Waals surface area contributed by atoms with Gasteiger partial charge in [0.15, 0.2) is 0 Å². The Bertz CT molecular complexity index is 1280. The van der Waals surface area contributed by atoms with Gasteiger partial charge in [-0.25, -0.2) is 18.7 Å². The number of hydrogen-bond acceptors (Lipinski definition) is 7. The molecule has 0 spiro atoms. The van der Waals surface area contributed by atoms with Gasteiger partial charge in [0.05, 0.1) is 4.90 Å². The zero-order chi connectivity index (χ0) is 25.5. The van der Waals surface area contributed by atoms with Gasteiger partial charge in [-0.3, -0.25) is 19.7 Å². The van der Waals surface area contributed by atoms with Crippen molar-refractivity contribution in [3.8, 4) is 0 Å². The maximum Gasteiger partial charge on any atom is 0.327 e. The van der Waals surface area contributed by atoms with E-state index in [0.717, 1.165) is 47.3 Å². The lowest BCUT2D eigenvalue weighted by Gasteiger charge is -2.22. The number of imide groups is 1. The summed E-state index contributed by atoms with van der Waals surface area (Å²) in [4.78, 5) is 39.5. The van der Waals surface area contributed by atoms with Crippen LogP contribution in [0.1, 0.15) is 50.9 Å². The SMILES string of the molecule is CN1C(=O)N(CCC[C@H](NS(=O)(=O)c2ccc3c4c(oc3c2)CCCC4)C(=O)NO)C(=O)C1(C)C. The number of urea groups is 1. The highest BCUT2D eigenvalue weighted by Crippen LogP contribution is 2.33. The molecule has 3 N–H and O–H groups in total. The van der Waals surface area contributed by atoms with E-state index in [-0.39, 0.29) is 30.2 Å². The van der Waals surface area contributed by atoms with Crippen LogP contribution in [0, 0.1) is 0 Å². The standard InChI is InChI=1S/C23H30N4O7S/c1-23(2)21(29)27(22(30)26(23)3)12-6-8-17(20(28)24-31)25-35(32,33)14-10-11-16-15-7-4-5-9-18(15)34-19(16)13-14/h10-11,13,17,25,31H,4-9,12H2,1-3H3,(H,24,28)/t17-/m0/s1. The van der Waals surface area contributed by atoms with E-state index in [2.05, 4.69) is 4.72 Å². The number of hydrogen-bond donors (Lipinski definition) is 3. The van der Waals surface area contributed by atoms with Crippen molar-refractivity contribution >= 4 is 38.8 Å². The number of nitrogens with one attached hydrogen (secondary N) is 2. The van der Waals surface area contributed by atoms with Crippen LogP contribution in [-0.2, 0) is 32.5 Å². The summed E-state index contributed by atoms with van der Waals surface area (Å²) in [6.45, 7) is 3.28. The monoisotopic (exact) mass is 506 g/mol. The van der Waals surface area contributed by atoms with Gasteiger partial charge in [0, 0.05) is 37.0 Å². The second-order valence-electron chi connectivity index (χ2n) is 9.52. The van der Waals surface area contributed by atoms with E-state index in [1.807, 2.05) is 0 Å². The van der Waals surface area contributed by atoms with E-state index >= 15 is 0 Å². The third-order valence-corrected chi connectivity index (χ3v) is 8.43.